The minimum absolute atomic E-state index is 0.00736. The first-order valence-electron chi connectivity index (χ1n) is 4.78. The van der Waals surface area contributed by atoms with Crippen molar-refractivity contribution in [3.63, 3.8) is 0 Å². The smallest absolute Gasteiger partial charge is 0.345 e. The Morgan fingerprint density at radius 2 is 1.94 bits per heavy atom. The Kier molecular flexibility index (Phi) is 2.27. The number of aliphatic hydroxyl groups excluding tert-OH is 1. The fourth-order valence-corrected chi connectivity index (χ4v) is 2.00. The Labute approximate surface area is 92.2 Å². The molecule has 2 N–H and O–H groups in total. The van der Waals surface area contributed by atoms with Crippen LogP contribution < -0.4 is 4.74 Å². The van der Waals surface area contributed by atoms with Gasteiger partial charge >= 0.3 is 5.97 Å². The predicted octanol–water partition coefficient (Wildman–Crippen LogP) is 1.18. The molecule has 0 aromatic heterocycles. The van der Waals surface area contributed by atoms with Gasteiger partial charge in [-0.05, 0) is 13.8 Å². The second-order valence-electron chi connectivity index (χ2n) is 3.68. The molecule has 1 aromatic carbocycles. The predicted molar refractivity (Wildman–Crippen MR) is 54.5 cm³/mol. The lowest BCUT2D eigenvalue weighted by Gasteiger charge is -2.13. The molecule has 5 heteroatoms. The number of aromatic hydroxyl groups is 1. The van der Waals surface area contributed by atoms with Crippen molar-refractivity contribution >= 4 is 5.97 Å². The van der Waals surface area contributed by atoms with Crippen LogP contribution in [0.1, 0.15) is 33.3 Å². The third-order valence-electron chi connectivity index (χ3n) is 2.83. The first-order chi connectivity index (χ1) is 7.49. The van der Waals surface area contributed by atoms with E-state index < -0.39 is 12.3 Å². The minimum atomic E-state index is -1.33. The summed E-state index contributed by atoms with van der Waals surface area (Å²) in [6.07, 6.45) is -1.33. The summed E-state index contributed by atoms with van der Waals surface area (Å²) in [5, 5.41) is 19.4. The van der Waals surface area contributed by atoms with Gasteiger partial charge in [0.25, 0.3) is 0 Å². The molecule has 0 fully saturated rings. The number of hydrogen-bond donors (Lipinski definition) is 2. The van der Waals surface area contributed by atoms with Gasteiger partial charge in [0.05, 0.1) is 7.11 Å². The number of carbonyl (C=O) groups excluding carboxylic acids is 1. The van der Waals surface area contributed by atoms with Crippen LogP contribution in [0.5, 0.6) is 11.5 Å². The zero-order valence-electron chi connectivity index (χ0n) is 9.20. The fraction of sp³-hybridized carbons (Fsp3) is 0.364. The zero-order valence-corrected chi connectivity index (χ0v) is 9.20. The first-order valence-corrected chi connectivity index (χ1v) is 4.78. The standard InChI is InChI=1S/C11H12O5/c1-4-6-7(11(14)16-10(6)13)9(15-3)5(2)8(4)12/h10,12-13H,1-3H3. The van der Waals surface area contributed by atoms with Crippen molar-refractivity contribution in [2.24, 2.45) is 0 Å². The molecule has 0 aliphatic carbocycles. The number of esters is 1. The summed E-state index contributed by atoms with van der Waals surface area (Å²) in [6, 6.07) is 0. The molecule has 1 unspecified atom stereocenters. The summed E-state index contributed by atoms with van der Waals surface area (Å²) >= 11 is 0. The van der Waals surface area contributed by atoms with Crippen LogP contribution in [-0.4, -0.2) is 23.3 Å². The molecule has 1 aliphatic rings. The lowest BCUT2D eigenvalue weighted by molar-refractivity contribution is -0.0551. The molecule has 0 saturated heterocycles. The molecule has 0 bridgehead atoms. The Bertz CT molecular complexity index is 478. The highest BCUT2D eigenvalue weighted by molar-refractivity contribution is 5.98. The average molecular weight is 224 g/mol. The van der Waals surface area contributed by atoms with Crippen LogP contribution in [-0.2, 0) is 4.74 Å². The van der Waals surface area contributed by atoms with Crippen LogP contribution in [0.4, 0.5) is 0 Å². The van der Waals surface area contributed by atoms with Crippen molar-refractivity contribution in [3.8, 4) is 11.5 Å². The van der Waals surface area contributed by atoms with E-state index in [2.05, 4.69) is 0 Å². The van der Waals surface area contributed by atoms with E-state index in [1.165, 1.54) is 7.11 Å². The number of methoxy groups -OCH3 is 1. The van der Waals surface area contributed by atoms with Gasteiger partial charge in [0.15, 0.2) is 0 Å². The number of carbonyl (C=O) groups is 1. The molecular formula is C11H12O5. The SMILES string of the molecule is COc1c(C)c(O)c(C)c2c1C(=O)OC2O. The van der Waals surface area contributed by atoms with Gasteiger partial charge in [-0.15, -0.1) is 0 Å². The number of benzene rings is 1. The molecule has 1 aliphatic heterocycles. The summed E-state index contributed by atoms with van der Waals surface area (Å²) in [7, 11) is 1.40. The fourth-order valence-electron chi connectivity index (χ4n) is 2.00. The molecule has 0 saturated carbocycles. The second-order valence-corrected chi connectivity index (χ2v) is 3.68. The molecule has 0 spiro atoms. The van der Waals surface area contributed by atoms with Crippen LogP contribution in [0.2, 0.25) is 0 Å². The minimum Gasteiger partial charge on any atom is -0.507 e. The Balaban J connectivity index is 2.85. The molecular weight excluding hydrogens is 212 g/mol. The van der Waals surface area contributed by atoms with E-state index in [0.29, 0.717) is 11.1 Å². The summed E-state index contributed by atoms with van der Waals surface area (Å²) in [5.74, 6) is -0.377. The maximum atomic E-state index is 11.5. The molecule has 5 nitrogen and oxygen atoms in total. The Morgan fingerprint density at radius 1 is 1.31 bits per heavy atom. The van der Waals surface area contributed by atoms with Crippen LogP contribution in [0.3, 0.4) is 0 Å². The second kappa shape index (κ2) is 3.38. The topological polar surface area (TPSA) is 76.0 Å². The number of rotatable bonds is 1. The Morgan fingerprint density at radius 3 is 2.50 bits per heavy atom. The third kappa shape index (κ3) is 1.18. The summed E-state index contributed by atoms with van der Waals surface area (Å²) in [4.78, 5) is 11.5. The van der Waals surface area contributed by atoms with E-state index >= 15 is 0 Å². The van der Waals surface area contributed by atoms with Crippen LogP contribution in [0.25, 0.3) is 0 Å². The van der Waals surface area contributed by atoms with Crippen molar-refractivity contribution in [2.45, 2.75) is 20.1 Å². The number of hydrogen-bond acceptors (Lipinski definition) is 5. The van der Waals surface area contributed by atoms with Crippen molar-refractivity contribution in [1.82, 2.24) is 0 Å². The van der Waals surface area contributed by atoms with Gasteiger partial charge in [0, 0.05) is 16.7 Å². The molecule has 0 amide bonds. The van der Waals surface area contributed by atoms with Crippen LogP contribution in [0.15, 0.2) is 0 Å². The number of phenols is 1. The van der Waals surface area contributed by atoms with Gasteiger partial charge < -0.3 is 19.7 Å². The normalized spacial score (nSPS) is 18.2. The van der Waals surface area contributed by atoms with Crippen molar-refractivity contribution < 1.29 is 24.5 Å². The molecule has 1 atom stereocenters. The van der Waals surface area contributed by atoms with Crippen LogP contribution >= 0.6 is 0 Å². The van der Waals surface area contributed by atoms with Crippen molar-refractivity contribution in [1.29, 1.82) is 0 Å². The van der Waals surface area contributed by atoms with Gasteiger partial charge in [0.1, 0.15) is 17.1 Å². The maximum Gasteiger partial charge on any atom is 0.345 e. The molecule has 0 radical (unpaired) electrons. The van der Waals surface area contributed by atoms with E-state index in [1.54, 1.807) is 13.8 Å². The lowest BCUT2D eigenvalue weighted by Crippen LogP contribution is -2.02. The zero-order chi connectivity index (χ0) is 12.0. The number of ether oxygens (including phenoxy) is 2. The number of phenolic OH excluding ortho intramolecular Hbond substituents is 1. The highest BCUT2D eigenvalue weighted by atomic mass is 16.6. The van der Waals surface area contributed by atoms with E-state index in [9.17, 15) is 15.0 Å². The van der Waals surface area contributed by atoms with Gasteiger partial charge in [-0.1, -0.05) is 0 Å². The van der Waals surface area contributed by atoms with Gasteiger partial charge in [0.2, 0.25) is 6.29 Å². The molecule has 16 heavy (non-hydrogen) atoms. The van der Waals surface area contributed by atoms with Crippen molar-refractivity contribution in [3.05, 3.63) is 22.3 Å². The summed E-state index contributed by atoms with van der Waals surface area (Å²) < 4.78 is 9.76. The first kappa shape index (κ1) is 10.8. The largest absolute Gasteiger partial charge is 0.507 e. The van der Waals surface area contributed by atoms with E-state index in [0.717, 1.165) is 0 Å². The molecule has 1 aromatic rings. The summed E-state index contributed by atoms with van der Waals surface area (Å²) in [6.45, 7) is 3.26. The number of cyclic esters (lactones) is 1. The molecule has 1 heterocycles. The highest BCUT2D eigenvalue weighted by Crippen LogP contribution is 2.44. The average Bonchev–Trinajstić information content (AvgIpc) is 2.52. The molecule has 2 rings (SSSR count). The number of aliphatic hydroxyl groups is 1. The van der Waals surface area contributed by atoms with Crippen molar-refractivity contribution in [2.75, 3.05) is 7.11 Å². The summed E-state index contributed by atoms with van der Waals surface area (Å²) in [5.41, 5.74) is 1.38. The Hall–Kier alpha value is -1.75. The van der Waals surface area contributed by atoms with Crippen LogP contribution in [0, 0.1) is 13.8 Å². The van der Waals surface area contributed by atoms with Gasteiger partial charge in [-0.3, -0.25) is 0 Å². The molecule has 86 valence electrons. The van der Waals surface area contributed by atoms with Gasteiger partial charge in [-0.2, -0.15) is 0 Å². The highest BCUT2D eigenvalue weighted by Gasteiger charge is 2.37. The van der Waals surface area contributed by atoms with E-state index in [-0.39, 0.29) is 22.6 Å². The van der Waals surface area contributed by atoms with E-state index in [4.69, 9.17) is 9.47 Å². The quantitative estimate of drug-likeness (QED) is 0.700. The van der Waals surface area contributed by atoms with Gasteiger partial charge in [-0.25, -0.2) is 4.79 Å². The third-order valence-corrected chi connectivity index (χ3v) is 2.83. The lowest BCUT2D eigenvalue weighted by atomic mass is 9.97. The number of fused-ring (bicyclic) bond motifs is 1. The van der Waals surface area contributed by atoms with E-state index in [1.807, 2.05) is 0 Å². The maximum absolute atomic E-state index is 11.5. The monoisotopic (exact) mass is 224 g/mol.